The summed E-state index contributed by atoms with van der Waals surface area (Å²) in [5, 5.41) is 10.4. The molecule has 4 rings (SSSR count). The Morgan fingerprint density at radius 2 is 2.00 bits per heavy atom. The molecule has 0 saturated carbocycles. The fraction of sp³-hybridized carbons (Fsp3) is 0.522. The molecule has 2 saturated heterocycles. The molecule has 1 aromatic carbocycles. The molecule has 2 fully saturated rings. The van der Waals surface area contributed by atoms with Gasteiger partial charge in [0.25, 0.3) is 0 Å². The molecule has 0 amide bonds. The number of β-amino-alcohol motifs (C(OH)–C–C–N with tert-alkyl or cyclic N) is 1. The third kappa shape index (κ3) is 5.26. The number of hydrogen-bond acceptors (Lipinski definition) is 6. The molecule has 2 aromatic rings. The first kappa shape index (κ1) is 20.1. The lowest BCUT2D eigenvalue weighted by Crippen LogP contribution is -2.44. The maximum absolute atomic E-state index is 10.4. The van der Waals surface area contributed by atoms with Gasteiger partial charge in [-0.3, -0.25) is 9.88 Å². The standard InChI is InChI=1S/C23H31N3O3/c1-28-22-7-6-19(13-26-14-20(15-26)18-5-4-8-24-12-18)23(11-22)29-17-21(27)16-25-9-2-3-10-25/h4-8,11-12,20-21,27H,2-3,9-10,13-17H2,1H3/t21-/m0/s1. The Kier molecular flexibility index (Phi) is 6.64. The highest BCUT2D eigenvalue weighted by Gasteiger charge is 2.28. The number of nitrogens with zero attached hydrogens (tertiary/aromatic N) is 3. The van der Waals surface area contributed by atoms with E-state index in [1.165, 1.54) is 18.4 Å². The lowest BCUT2D eigenvalue weighted by molar-refractivity contribution is 0.0742. The molecule has 1 aromatic heterocycles. The summed E-state index contributed by atoms with van der Waals surface area (Å²) < 4.78 is 11.4. The van der Waals surface area contributed by atoms with Gasteiger partial charge in [-0.05, 0) is 43.6 Å². The summed E-state index contributed by atoms with van der Waals surface area (Å²) in [7, 11) is 1.66. The first-order valence-corrected chi connectivity index (χ1v) is 10.5. The van der Waals surface area contributed by atoms with Gasteiger partial charge in [-0.1, -0.05) is 12.1 Å². The van der Waals surface area contributed by atoms with Gasteiger partial charge in [-0.15, -0.1) is 0 Å². The van der Waals surface area contributed by atoms with E-state index < -0.39 is 6.10 Å². The van der Waals surface area contributed by atoms with Gasteiger partial charge < -0.3 is 19.5 Å². The van der Waals surface area contributed by atoms with Crippen molar-refractivity contribution in [1.29, 1.82) is 0 Å². The van der Waals surface area contributed by atoms with E-state index in [1.807, 2.05) is 30.6 Å². The van der Waals surface area contributed by atoms with Crippen LogP contribution in [0.1, 0.15) is 29.9 Å². The summed E-state index contributed by atoms with van der Waals surface area (Å²) in [5.74, 6) is 2.12. The van der Waals surface area contributed by atoms with E-state index in [0.29, 0.717) is 19.1 Å². The summed E-state index contributed by atoms with van der Waals surface area (Å²) in [4.78, 5) is 8.94. The highest BCUT2D eigenvalue weighted by Crippen LogP contribution is 2.31. The number of pyridine rings is 1. The molecule has 6 heteroatoms. The smallest absolute Gasteiger partial charge is 0.127 e. The summed E-state index contributed by atoms with van der Waals surface area (Å²) in [6.07, 6.45) is 5.75. The van der Waals surface area contributed by atoms with Crippen molar-refractivity contribution in [2.24, 2.45) is 0 Å². The Balaban J connectivity index is 1.33. The maximum atomic E-state index is 10.4. The van der Waals surface area contributed by atoms with Crippen LogP contribution in [0.4, 0.5) is 0 Å². The molecule has 1 N–H and O–H groups in total. The van der Waals surface area contributed by atoms with E-state index >= 15 is 0 Å². The van der Waals surface area contributed by atoms with Crippen molar-refractivity contribution in [3.63, 3.8) is 0 Å². The molecule has 0 spiro atoms. The summed E-state index contributed by atoms with van der Waals surface area (Å²) in [6.45, 7) is 6.01. The number of methoxy groups -OCH3 is 1. The van der Waals surface area contributed by atoms with Crippen molar-refractivity contribution in [2.45, 2.75) is 31.4 Å². The average Bonchev–Trinajstić information content (AvgIpc) is 3.23. The van der Waals surface area contributed by atoms with E-state index in [1.54, 1.807) is 7.11 Å². The second kappa shape index (κ2) is 9.57. The largest absolute Gasteiger partial charge is 0.497 e. The van der Waals surface area contributed by atoms with Gasteiger partial charge in [-0.25, -0.2) is 0 Å². The van der Waals surface area contributed by atoms with Crippen LogP contribution >= 0.6 is 0 Å². The molecule has 2 aliphatic rings. The third-order valence-electron chi connectivity index (χ3n) is 5.88. The second-order valence-corrected chi connectivity index (χ2v) is 8.12. The molecule has 0 bridgehead atoms. The number of hydrogen-bond donors (Lipinski definition) is 1. The van der Waals surface area contributed by atoms with Crippen molar-refractivity contribution < 1.29 is 14.6 Å². The van der Waals surface area contributed by atoms with Gasteiger partial charge >= 0.3 is 0 Å². The van der Waals surface area contributed by atoms with Crippen LogP contribution in [0.5, 0.6) is 11.5 Å². The van der Waals surface area contributed by atoms with Crippen LogP contribution < -0.4 is 9.47 Å². The summed E-state index contributed by atoms with van der Waals surface area (Å²) in [6, 6.07) is 10.1. The molecular formula is C23H31N3O3. The van der Waals surface area contributed by atoms with E-state index in [0.717, 1.165) is 49.8 Å². The van der Waals surface area contributed by atoms with Gasteiger partial charge in [0.2, 0.25) is 0 Å². The fourth-order valence-corrected chi connectivity index (χ4v) is 4.20. The number of benzene rings is 1. The summed E-state index contributed by atoms with van der Waals surface area (Å²) >= 11 is 0. The van der Waals surface area contributed by atoms with Gasteiger partial charge in [0.05, 0.1) is 7.11 Å². The van der Waals surface area contributed by atoms with E-state index in [4.69, 9.17) is 9.47 Å². The maximum Gasteiger partial charge on any atom is 0.127 e. The van der Waals surface area contributed by atoms with Gasteiger partial charge in [0.1, 0.15) is 24.2 Å². The lowest BCUT2D eigenvalue weighted by atomic mass is 9.92. The first-order chi connectivity index (χ1) is 14.2. The van der Waals surface area contributed by atoms with Crippen molar-refractivity contribution in [1.82, 2.24) is 14.8 Å². The molecule has 156 valence electrons. The zero-order valence-corrected chi connectivity index (χ0v) is 17.2. The predicted molar refractivity (Wildman–Crippen MR) is 112 cm³/mol. The van der Waals surface area contributed by atoms with Gasteiger partial charge in [-0.2, -0.15) is 0 Å². The van der Waals surface area contributed by atoms with Crippen LogP contribution in [-0.2, 0) is 6.54 Å². The van der Waals surface area contributed by atoms with Crippen molar-refractivity contribution in [3.8, 4) is 11.5 Å². The zero-order valence-electron chi connectivity index (χ0n) is 17.2. The topological polar surface area (TPSA) is 58.1 Å². The van der Waals surface area contributed by atoms with Gasteiger partial charge in [0.15, 0.2) is 0 Å². The minimum Gasteiger partial charge on any atom is -0.497 e. The van der Waals surface area contributed by atoms with Crippen LogP contribution in [0.25, 0.3) is 0 Å². The quantitative estimate of drug-likeness (QED) is 0.702. The minimum absolute atomic E-state index is 0.301. The average molecular weight is 398 g/mol. The Bertz CT molecular complexity index is 774. The zero-order chi connectivity index (χ0) is 20.1. The highest BCUT2D eigenvalue weighted by molar-refractivity contribution is 5.41. The molecule has 0 unspecified atom stereocenters. The number of aromatic nitrogens is 1. The number of rotatable bonds is 9. The molecule has 29 heavy (non-hydrogen) atoms. The summed E-state index contributed by atoms with van der Waals surface area (Å²) in [5.41, 5.74) is 2.43. The first-order valence-electron chi connectivity index (χ1n) is 10.5. The van der Waals surface area contributed by atoms with E-state index in [-0.39, 0.29) is 0 Å². The molecular weight excluding hydrogens is 366 g/mol. The Labute approximate surface area is 173 Å². The molecule has 1 atom stereocenters. The van der Waals surface area contributed by atoms with Crippen LogP contribution in [-0.4, -0.2) is 72.4 Å². The number of likely N-dealkylation sites (tertiary alicyclic amines) is 2. The molecule has 3 heterocycles. The Morgan fingerprint density at radius 1 is 1.17 bits per heavy atom. The second-order valence-electron chi connectivity index (χ2n) is 8.12. The van der Waals surface area contributed by atoms with Gasteiger partial charge in [0, 0.05) is 56.1 Å². The van der Waals surface area contributed by atoms with Crippen LogP contribution in [0, 0.1) is 0 Å². The SMILES string of the molecule is COc1ccc(CN2CC(c3cccnc3)C2)c(OC[C@@H](O)CN2CCCC2)c1. The molecule has 6 nitrogen and oxygen atoms in total. The number of ether oxygens (including phenoxy) is 2. The monoisotopic (exact) mass is 397 g/mol. The van der Waals surface area contributed by atoms with Crippen molar-refractivity contribution in [3.05, 3.63) is 53.9 Å². The van der Waals surface area contributed by atoms with Crippen LogP contribution in [0.2, 0.25) is 0 Å². The minimum atomic E-state index is -0.480. The molecule has 2 aliphatic heterocycles. The van der Waals surface area contributed by atoms with Crippen molar-refractivity contribution >= 4 is 0 Å². The fourth-order valence-electron chi connectivity index (χ4n) is 4.20. The van der Waals surface area contributed by atoms with E-state index in [9.17, 15) is 5.11 Å². The highest BCUT2D eigenvalue weighted by atomic mass is 16.5. The molecule has 0 radical (unpaired) electrons. The molecule has 0 aliphatic carbocycles. The van der Waals surface area contributed by atoms with Crippen molar-refractivity contribution in [2.75, 3.05) is 46.4 Å². The lowest BCUT2D eigenvalue weighted by Gasteiger charge is -2.39. The Hall–Kier alpha value is -2.15. The van der Waals surface area contributed by atoms with Crippen LogP contribution in [0.3, 0.4) is 0 Å². The number of aliphatic hydroxyl groups excluding tert-OH is 1. The third-order valence-corrected chi connectivity index (χ3v) is 5.88. The van der Waals surface area contributed by atoms with Crippen LogP contribution in [0.15, 0.2) is 42.7 Å². The number of aliphatic hydroxyl groups is 1. The predicted octanol–water partition coefficient (Wildman–Crippen LogP) is 2.53. The van der Waals surface area contributed by atoms with E-state index in [2.05, 4.69) is 26.9 Å². The Morgan fingerprint density at radius 3 is 2.72 bits per heavy atom. The normalized spacial score (nSPS) is 19.1.